The van der Waals surface area contributed by atoms with Crippen LogP contribution in [-0.4, -0.2) is 29.2 Å². The molecule has 0 rings (SSSR count). The van der Waals surface area contributed by atoms with Gasteiger partial charge in [-0.1, -0.05) is 0 Å². The number of amides is 1. The summed E-state index contributed by atoms with van der Waals surface area (Å²) in [7, 11) is 0. The Morgan fingerprint density at radius 2 is 2.14 bits per heavy atom. The fourth-order valence-corrected chi connectivity index (χ4v) is 1.14. The third kappa shape index (κ3) is 6.86. The molecule has 1 unspecified atom stereocenters. The van der Waals surface area contributed by atoms with Crippen molar-refractivity contribution in [3.8, 4) is 0 Å². The van der Waals surface area contributed by atoms with E-state index in [0.29, 0.717) is 19.3 Å². The smallest absolute Gasteiger partial charge is 0.220 e. The van der Waals surface area contributed by atoms with Gasteiger partial charge >= 0.3 is 0 Å². The van der Waals surface area contributed by atoms with Crippen molar-refractivity contribution < 1.29 is 9.90 Å². The van der Waals surface area contributed by atoms with Gasteiger partial charge in [0.25, 0.3) is 0 Å². The van der Waals surface area contributed by atoms with Gasteiger partial charge < -0.3 is 16.2 Å². The van der Waals surface area contributed by atoms with E-state index in [4.69, 9.17) is 10.8 Å². The van der Waals surface area contributed by atoms with Gasteiger partial charge in [-0.2, -0.15) is 0 Å². The minimum Gasteiger partial charge on any atom is -0.396 e. The summed E-state index contributed by atoms with van der Waals surface area (Å²) in [6.45, 7) is 5.76. The van der Waals surface area contributed by atoms with Crippen LogP contribution in [-0.2, 0) is 4.79 Å². The first-order chi connectivity index (χ1) is 6.37. The van der Waals surface area contributed by atoms with E-state index in [1.807, 2.05) is 20.8 Å². The van der Waals surface area contributed by atoms with Crippen LogP contribution in [0.3, 0.4) is 0 Å². The molecule has 0 aliphatic heterocycles. The number of carbonyl (C=O) groups excluding carboxylic acids is 1. The van der Waals surface area contributed by atoms with Gasteiger partial charge in [0.15, 0.2) is 0 Å². The third-order valence-electron chi connectivity index (χ3n) is 2.04. The Labute approximate surface area is 85.9 Å². The minimum absolute atomic E-state index is 0.000694. The molecule has 1 atom stereocenters. The molecular formula is C10H22N2O2. The lowest BCUT2D eigenvalue weighted by Gasteiger charge is -2.25. The van der Waals surface area contributed by atoms with E-state index in [0.717, 1.165) is 0 Å². The highest BCUT2D eigenvalue weighted by molar-refractivity contribution is 5.76. The first-order valence-corrected chi connectivity index (χ1v) is 5.05. The molecule has 0 saturated heterocycles. The molecule has 0 spiro atoms. The van der Waals surface area contributed by atoms with Gasteiger partial charge in [0.2, 0.25) is 5.91 Å². The van der Waals surface area contributed by atoms with Crippen molar-refractivity contribution in [2.24, 2.45) is 5.73 Å². The minimum atomic E-state index is -0.330. The number of nitrogens with two attached hydrogens (primary N) is 1. The first kappa shape index (κ1) is 13.4. The number of hydrogen-bond acceptors (Lipinski definition) is 3. The molecular weight excluding hydrogens is 180 g/mol. The van der Waals surface area contributed by atoms with E-state index in [1.165, 1.54) is 0 Å². The average molecular weight is 202 g/mol. The maximum atomic E-state index is 11.4. The summed E-state index contributed by atoms with van der Waals surface area (Å²) in [5, 5.41) is 11.6. The van der Waals surface area contributed by atoms with Crippen LogP contribution in [0.1, 0.15) is 40.0 Å². The van der Waals surface area contributed by atoms with Gasteiger partial charge in [-0.3, -0.25) is 4.79 Å². The van der Waals surface area contributed by atoms with E-state index >= 15 is 0 Å². The summed E-state index contributed by atoms with van der Waals surface area (Å²) in [6, 6.07) is 0.0571. The van der Waals surface area contributed by atoms with E-state index in [1.54, 1.807) is 0 Å². The molecule has 0 bridgehead atoms. The first-order valence-electron chi connectivity index (χ1n) is 5.05. The van der Waals surface area contributed by atoms with Crippen LogP contribution in [0.5, 0.6) is 0 Å². The summed E-state index contributed by atoms with van der Waals surface area (Å²) in [5.74, 6) is 0.000694. The molecule has 0 radical (unpaired) electrons. The highest BCUT2D eigenvalue weighted by Crippen LogP contribution is 2.08. The van der Waals surface area contributed by atoms with E-state index in [-0.39, 0.29) is 24.1 Å². The Kier molecular flexibility index (Phi) is 5.72. The van der Waals surface area contributed by atoms with Crippen molar-refractivity contribution in [3.05, 3.63) is 0 Å². The van der Waals surface area contributed by atoms with Gasteiger partial charge in [0.1, 0.15) is 0 Å². The van der Waals surface area contributed by atoms with Crippen LogP contribution in [0.15, 0.2) is 0 Å². The standard InChI is InChI=1S/C10H22N2O2/c1-8(11)4-5-9(14)12-10(2,3)6-7-13/h8,13H,4-7,11H2,1-3H3,(H,12,14). The zero-order valence-corrected chi connectivity index (χ0v) is 9.34. The lowest BCUT2D eigenvalue weighted by molar-refractivity contribution is -0.123. The topological polar surface area (TPSA) is 75.4 Å². The van der Waals surface area contributed by atoms with Gasteiger partial charge in [0.05, 0.1) is 0 Å². The average Bonchev–Trinajstić information content (AvgIpc) is 1.99. The van der Waals surface area contributed by atoms with Crippen molar-refractivity contribution in [1.29, 1.82) is 0 Å². The molecule has 0 saturated carbocycles. The molecule has 0 aliphatic rings. The Morgan fingerprint density at radius 3 is 2.57 bits per heavy atom. The number of rotatable bonds is 6. The van der Waals surface area contributed by atoms with Crippen molar-refractivity contribution in [2.45, 2.75) is 51.6 Å². The Balaban J connectivity index is 3.81. The Bertz CT molecular complexity index is 179. The van der Waals surface area contributed by atoms with E-state index in [9.17, 15) is 4.79 Å². The Hall–Kier alpha value is -0.610. The summed E-state index contributed by atoms with van der Waals surface area (Å²) in [4.78, 5) is 11.4. The quantitative estimate of drug-likeness (QED) is 0.583. The van der Waals surface area contributed by atoms with E-state index < -0.39 is 0 Å². The van der Waals surface area contributed by atoms with Crippen LogP contribution in [0.25, 0.3) is 0 Å². The molecule has 0 aliphatic carbocycles. The molecule has 0 heterocycles. The molecule has 1 amide bonds. The fraction of sp³-hybridized carbons (Fsp3) is 0.900. The van der Waals surface area contributed by atoms with Crippen molar-refractivity contribution in [3.63, 3.8) is 0 Å². The molecule has 4 nitrogen and oxygen atoms in total. The molecule has 84 valence electrons. The number of hydrogen-bond donors (Lipinski definition) is 3. The Morgan fingerprint density at radius 1 is 1.57 bits per heavy atom. The van der Waals surface area contributed by atoms with Crippen LogP contribution in [0, 0.1) is 0 Å². The normalized spacial score (nSPS) is 13.8. The highest BCUT2D eigenvalue weighted by Gasteiger charge is 2.19. The largest absolute Gasteiger partial charge is 0.396 e. The van der Waals surface area contributed by atoms with Gasteiger partial charge in [-0.05, 0) is 33.6 Å². The van der Waals surface area contributed by atoms with Crippen molar-refractivity contribution in [2.75, 3.05) is 6.61 Å². The van der Waals surface area contributed by atoms with Crippen molar-refractivity contribution >= 4 is 5.91 Å². The summed E-state index contributed by atoms with van der Waals surface area (Å²) >= 11 is 0. The molecule has 4 N–H and O–H groups in total. The number of aliphatic hydroxyl groups is 1. The summed E-state index contributed by atoms with van der Waals surface area (Å²) in [5.41, 5.74) is 5.21. The number of nitrogens with one attached hydrogen (secondary N) is 1. The lowest BCUT2D eigenvalue weighted by Crippen LogP contribution is -2.44. The van der Waals surface area contributed by atoms with E-state index in [2.05, 4.69) is 5.32 Å². The maximum absolute atomic E-state index is 11.4. The SMILES string of the molecule is CC(N)CCC(=O)NC(C)(C)CCO. The molecule has 0 aromatic carbocycles. The van der Waals surface area contributed by atoms with Crippen molar-refractivity contribution in [1.82, 2.24) is 5.32 Å². The number of carbonyl (C=O) groups is 1. The summed E-state index contributed by atoms with van der Waals surface area (Å²) < 4.78 is 0. The van der Waals surface area contributed by atoms with Crippen LogP contribution in [0.4, 0.5) is 0 Å². The number of aliphatic hydroxyl groups excluding tert-OH is 1. The third-order valence-corrected chi connectivity index (χ3v) is 2.04. The molecule has 14 heavy (non-hydrogen) atoms. The predicted octanol–water partition coefficient (Wildman–Crippen LogP) is 0.391. The lowest BCUT2D eigenvalue weighted by atomic mass is 10.0. The molecule has 0 fully saturated rings. The second-order valence-electron chi connectivity index (χ2n) is 4.42. The van der Waals surface area contributed by atoms with Crippen LogP contribution >= 0.6 is 0 Å². The van der Waals surface area contributed by atoms with Gasteiger partial charge in [-0.15, -0.1) is 0 Å². The zero-order chi connectivity index (χ0) is 11.2. The van der Waals surface area contributed by atoms with Crippen LogP contribution in [0.2, 0.25) is 0 Å². The summed E-state index contributed by atoms with van der Waals surface area (Å²) in [6.07, 6.45) is 1.71. The van der Waals surface area contributed by atoms with Crippen LogP contribution < -0.4 is 11.1 Å². The second-order valence-corrected chi connectivity index (χ2v) is 4.42. The second kappa shape index (κ2) is 5.98. The highest BCUT2D eigenvalue weighted by atomic mass is 16.3. The predicted molar refractivity (Wildman–Crippen MR) is 56.8 cm³/mol. The molecule has 0 aromatic heterocycles. The monoisotopic (exact) mass is 202 g/mol. The molecule has 0 aromatic rings. The van der Waals surface area contributed by atoms with Gasteiger partial charge in [0, 0.05) is 24.6 Å². The molecule has 4 heteroatoms. The maximum Gasteiger partial charge on any atom is 0.220 e. The van der Waals surface area contributed by atoms with Gasteiger partial charge in [-0.25, -0.2) is 0 Å². The fourth-order valence-electron chi connectivity index (χ4n) is 1.14. The zero-order valence-electron chi connectivity index (χ0n) is 9.34.